The van der Waals surface area contributed by atoms with Gasteiger partial charge in [0.1, 0.15) is 5.82 Å². The number of hydrogen-bond donors (Lipinski definition) is 2. The first-order valence-corrected chi connectivity index (χ1v) is 11.0. The molecule has 0 fully saturated rings. The molecule has 7 nitrogen and oxygen atoms in total. The number of aromatic nitrogens is 2. The zero-order valence-corrected chi connectivity index (χ0v) is 19.2. The van der Waals surface area contributed by atoms with Gasteiger partial charge in [-0.3, -0.25) is 14.7 Å². The Bertz CT molecular complexity index is 1330. The highest BCUT2D eigenvalue weighted by Gasteiger charge is 2.43. The molecule has 5 rings (SSSR count). The normalized spacial score (nSPS) is 18.9. The number of anilines is 1. The van der Waals surface area contributed by atoms with Gasteiger partial charge in [-0.2, -0.15) is 0 Å². The number of allylic oxidation sites excluding steroid dienone is 2. The van der Waals surface area contributed by atoms with Crippen LogP contribution in [-0.4, -0.2) is 29.8 Å². The van der Waals surface area contributed by atoms with Gasteiger partial charge in [-0.1, -0.05) is 38.1 Å². The highest BCUT2D eigenvalue weighted by molar-refractivity contribution is 6.01. The van der Waals surface area contributed by atoms with Gasteiger partial charge in [0.2, 0.25) is 0 Å². The molecule has 0 radical (unpaired) electrons. The van der Waals surface area contributed by atoms with Crippen LogP contribution < -0.4 is 20.3 Å². The number of ketones is 1. The van der Waals surface area contributed by atoms with Crippen molar-refractivity contribution < 1.29 is 14.3 Å². The van der Waals surface area contributed by atoms with Crippen LogP contribution in [0.3, 0.4) is 0 Å². The predicted molar refractivity (Wildman–Crippen MR) is 126 cm³/mol. The molecule has 0 amide bonds. The van der Waals surface area contributed by atoms with E-state index in [1.165, 1.54) is 4.68 Å². The van der Waals surface area contributed by atoms with Crippen LogP contribution in [0.1, 0.15) is 43.7 Å². The van der Waals surface area contributed by atoms with Gasteiger partial charge in [-0.25, -0.2) is 4.68 Å². The number of nitrogens with zero attached hydrogens (tertiary/aromatic N) is 1. The van der Waals surface area contributed by atoms with Crippen LogP contribution in [0.5, 0.6) is 11.5 Å². The molecule has 3 aromatic rings. The average Bonchev–Trinajstić information content (AvgIpc) is 3.13. The number of methoxy groups -OCH3 is 2. The molecule has 1 aliphatic carbocycles. The van der Waals surface area contributed by atoms with Gasteiger partial charge < -0.3 is 14.8 Å². The number of Topliss-reactive ketones (excluding diaryl/α,β-unsaturated/α-hetero) is 1. The Kier molecular flexibility index (Phi) is 4.92. The first kappa shape index (κ1) is 21.1. The van der Waals surface area contributed by atoms with Crippen LogP contribution in [0.4, 0.5) is 5.82 Å². The summed E-state index contributed by atoms with van der Waals surface area (Å²) in [7, 11) is 3.16. The van der Waals surface area contributed by atoms with E-state index < -0.39 is 5.92 Å². The van der Waals surface area contributed by atoms with Gasteiger partial charge in [-0.15, -0.1) is 0 Å². The second-order valence-corrected chi connectivity index (χ2v) is 9.38. The van der Waals surface area contributed by atoms with Crippen molar-refractivity contribution in [2.45, 2.75) is 32.6 Å². The topological polar surface area (TPSA) is 85.4 Å². The van der Waals surface area contributed by atoms with Crippen molar-refractivity contribution in [3.8, 4) is 17.2 Å². The Balaban J connectivity index is 1.75. The lowest BCUT2D eigenvalue weighted by molar-refractivity contribution is -0.118. The van der Waals surface area contributed by atoms with Gasteiger partial charge in [0, 0.05) is 23.6 Å². The quantitative estimate of drug-likeness (QED) is 0.622. The van der Waals surface area contributed by atoms with Crippen molar-refractivity contribution in [1.82, 2.24) is 9.78 Å². The van der Waals surface area contributed by atoms with Gasteiger partial charge in [0.25, 0.3) is 5.56 Å². The van der Waals surface area contributed by atoms with Crippen LogP contribution in [0.25, 0.3) is 5.69 Å². The molecular weight excluding hydrogens is 418 g/mol. The van der Waals surface area contributed by atoms with Gasteiger partial charge >= 0.3 is 0 Å². The first-order chi connectivity index (χ1) is 15.8. The fourth-order valence-electron chi connectivity index (χ4n) is 5.01. The fourth-order valence-corrected chi connectivity index (χ4v) is 5.01. The second-order valence-electron chi connectivity index (χ2n) is 9.38. The molecule has 2 aliphatic rings. The van der Waals surface area contributed by atoms with Crippen molar-refractivity contribution in [2.24, 2.45) is 5.41 Å². The maximum atomic E-state index is 13.7. The first-order valence-electron chi connectivity index (χ1n) is 11.0. The molecule has 1 atom stereocenters. The smallest absolute Gasteiger partial charge is 0.277 e. The largest absolute Gasteiger partial charge is 0.493 e. The van der Waals surface area contributed by atoms with Crippen molar-refractivity contribution >= 4 is 11.6 Å². The van der Waals surface area contributed by atoms with Crippen molar-refractivity contribution in [3.05, 3.63) is 81.3 Å². The number of carbonyl (C=O) groups excluding carboxylic acids is 1. The van der Waals surface area contributed by atoms with Gasteiger partial charge in [-0.05, 0) is 41.7 Å². The maximum absolute atomic E-state index is 13.7. The zero-order valence-electron chi connectivity index (χ0n) is 19.2. The number of hydrogen-bond acceptors (Lipinski definition) is 5. The summed E-state index contributed by atoms with van der Waals surface area (Å²) in [6.45, 7) is 4.18. The molecule has 2 aromatic carbocycles. The standard InChI is InChI=1S/C26H27N3O4/c1-26(2)13-17-22(18(30)14-26)21(15-10-11-19(32-3)20(12-15)33-4)23-24(27-17)28-29(25(23)31)16-8-6-5-7-9-16/h5-12,21,27-28H,13-14H2,1-4H3. The predicted octanol–water partition coefficient (Wildman–Crippen LogP) is 4.38. The number of nitrogens with one attached hydrogen (secondary N) is 2. The van der Waals surface area contributed by atoms with E-state index in [0.29, 0.717) is 34.9 Å². The van der Waals surface area contributed by atoms with Gasteiger partial charge in [0.15, 0.2) is 17.3 Å². The Morgan fingerprint density at radius 2 is 1.70 bits per heavy atom. The summed E-state index contributed by atoms with van der Waals surface area (Å²) >= 11 is 0. The summed E-state index contributed by atoms with van der Waals surface area (Å²) in [4.78, 5) is 27.1. The van der Waals surface area contributed by atoms with E-state index in [2.05, 4.69) is 24.3 Å². The Morgan fingerprint density at radius 1 is 0.970 bits per heavy atom. The molecule has 1 unspecified atom stereocenters. The van der Waals surface area contributed by atoms with Crippen LogP contribution in [0, 0.1) is 5.41 Å². The lowest BCUT2D eigenvalue weighted by Gasteiger charge is -2.37. The Labute approximate surface area is 192 Å². The van der Waals surface area contributed by atoms with Gasteiger partial charge in [0.05, 0.1) is 25.5 Å². The number of H-pyrrole nitrogens is 1. The number of benzene rings is 2. The average molecular weight is 446 g/mol. The van der Waals surface area contributed by atoms with Crippen LogP contribution >= 0.6 is 0 Å². The third-order valence-corrected chi connectivity index (χ3v) is 6.45. The third-order valence-electron chi connectivity index (χ3n) is 6.45. The molecule has 33 heavy (non-hydrogen) atoms. The van der Waals surface area contributed by atoms with E-state index in [0.717, 1.165) is 23.4 Å². The van der Waals surface area contributed by atoms with Crippen molar-refractivity contribution in [3.63, 3.8) is 0 Å². The minimum absolute atomic E-state index is 0.0612. The molecule has 0 saturated carbocycles. The summed E-state index contributed by atoms with van der Waals surface area (Å²) in [6.07, 6.45) is 1.15. The molecule has 0 spiro atoms. The molecule has 0 saturated heterocycles. The number of ether oxygens (including phenoxy) is 2. The molecule has 0 bridgehead atoms. The minimum atomic E-state index is -0.506. The summed E-state index contributed by atoms with van der Waals surface area (Å²) < 4.78 is 12.5. The molecule has 2 heterocycles. The van der Waals surface area contributed by atoms with Crippen molar-refractivity contribution in [2.75, 3.05) is 19.5 Å². The highest BCUT2D eigenvalue weighted by Crippen LogP contribution is 2.48. The van der Waals surface area contributed by atoms with Crippen molar-refractivity contribution in [1.29, 1.82) is 0 Å². The van der Waals surface area contributed by atoms with Crippen LogP contribution in [0.15, 0.2) is 64.6 Å². The maximum Gasteiger partial charge on any atom is 0.277 e. The minimum Gasteiger partial charge on any atom is -0.493 e. The molecule has 170 valence electrons. The third kappa shape index (κ3) is 3.44. The highest BCUT2D eigenvalue weighted by atomic mass is 16.5. The number of fused-ring (bicyclic) bond motifs is 1. The lowest BCUT2D eigenvalue weighted by Crippen LogP contribution is -2.35. The monoisotopic (exact) mass is 445 g/mol. The van der Waals surface area contributed by atoms with E-state index in [-0.39, 0.29) is 16.8 Å². The molecule has 1 aromatic heterocycles. The molecule has 7 heteroatoms. The summed E-state index contributed by atoms with van der Waals surface area (Å²) in [5.74, 6) is 1.32. The van der Waals surface area contributed by atoms with E-state index in [4.69, 9.17) is 9.47 Å². The van der Waals surface area contributed by atoms with E-state index in [1.54, 1.807) is 14.2 Å². The second kappa shape index (κ2) is 7.69. The number of carbonyl (C=O) groups is 1. The Hall–Kier alpha value is -3.74. The molecule has 1 aliphatic heterocycles. The number of para-hydroxylation sites is 1. The van der Waals surface area contributed by atoms with E-state index in [1.807, 2.05) is 48.5 Å². The number of aromatic amines is 1. The SMILES string of the molecule is COc1ccc(C2C3=C(CC(C)(C)CC3=O)Nc3[nH]n(-c4ccccc4)c(=O)c32)cc1OC. The fraction of sp³-hybridized carbons (Fsp3) is 0.308. The van der Waals surface area contributed by atoms with Crippen LogP contribution in [0.2, 0.25) is 0 Å². The zero-order chi connectivity index (χ0) is 23.3. The van der Waals surface area contributed by atoms with E-state index >= 15 is 0 Å². The molecular formula is C26H27N3O4. The number of rotatable bonds is 4. The Morgan fingerprint density at radius 3 is 2.39 bits per heavy atom. The summed E-state index contributed by atoms with van der Waals surface area (Å²) in [5, 5.41) is 6.63. The van der Waals surface area contributed by atoms with Crippen LogP contribution in [-0.2, 0) is 4.79 Å². The summed E-state index contributed by atoms with van der Waals surface area (Å²) in [6, 6.07) is 15.0. The van der Waals surface area contributed by atoms with E-state index in [9.17, 15) is 9.59 Å². The summed E-state index contributed by atoms with van der Waals surface area (Å²) in [5.41, 5.74) is 3.24. The lowest BCUT2D eigenvalue weighted by atomic mass is 9.69. The molecule has 2 N–H and O–H groups in total.